The number of hydrogen-bond acceptors (Lipinski definition) is 5. The van der Waals surface area contributed by atoms with Gasteiger partial charge in [-0.25, -0.2) is 0 Å². The summed E-state index contributed by atoms with van der Waals surface area (Å²) in [6, 6.07) is 0.444. The minimum absolute atomic E-state index is 0.145. The first kappa shape index (κ1) is 14.4. The summed E-state index contributed by atoms with van der Waals surface area (Å²) in [5, 5.41) is 3.36. The fourth-order valence-corrected chi connectivity index (χ4v) is 2.17. The number of methoxy groups -OCH3 is 2. The van der Waals surface area contributed by atoms with Crippen molar-refractivity contribution < 1.29 is 14.3 Å². The molecule has 1 heterocycles. The van der Waals surface area contributed by atoms with Crippen molar-refractivity contribution in [1.29, 1.82) is 0 Å². The van der Waals surface area contributed by atoms with Crippen molar-refractivity contribution in [2.45, 2.75) is 25.3 Å². The molecule has 0 aromatic carbocycles. The predicted molar refractivity (Wildman–Crippen MR) is 66.0 cm³/mol. The minimum Gasteiger partial charge on any atom is -0.468 e. The molecular weight excluding hydrogens is 220 g/mol. The zero-order valence-corrected chi connectivity index (χ0v) is 10.9. The van der Waals surface area contributed by atoms with E-state index in [9.17, 15) is 4.79 Å². The lowest BCUT2D eigenvalue weighted by atomic mass is 10.0. The molecule has 5 heteroatoms. The molecule has 0 spiro atoms. The maximum absolute atomic E-state index is 11.3. The Labute approximate surface area is 103 Å². The average Bonchev–Trinajstić information content (AvgIpc) is 2.36. The maximum Gasteiger partial charge on any atom is 0.319 e. The van der Waals surface area contributed by atoms with Gasteiger partial charge in [-0.2, -0.15) is 0 Å². The first-order valence-corrected chi connectivity index (χ1v) is 6.28. The molecule has 5 nitrogen and oxygen atoms in total. The molecular formula is C12H24N2O3. The largest absolute Gasteiger partial charge is 0.468 e. The quantitative estimate of drug-likeness (QED) is 0.514. The van der Waals surface area contributed by atoms with E-state index in [4.69, 9.17) is 9.47 Å². The van der Waals surface area contributed by atoms with Crippen LogP contribution in [0.4, 0.5) is 0 Å². The highest BCUT2D eigenvalue weighted by Gasteiger charge is 2.23. The van der Waals surface area contributed by atoms with E-state index >= 15 is 0 Å². The molecule has 17 heavy (non-hydrogen) atoms. The topological polar surface area (TPSA) is 50.8 Å². The van der Waals surface area contributed by atoms with Crippen molar-refractivity contribution in [3.8, 4) is 0 Å². The smallest absolute Gasteiger partial charge is 0.319 e. The number of carbonyl (C=O) groups excluding carboxylic acids is 1. The van der Waals surface area contributed by atoms with E-state index in [1.54, 1.807) is 7.11 Å². The lowest BCUT2D eigenvalue weighted by molar-refractivity contribution is -0.142. The molecule has 0 radical (unpaired) electrons. The number of rotatable bonds is 7. The molecule has 1 atom stereocenters. The summed E-state index contributed by atoms with van der Waals surface area (Å²) >= 11 is 0. The van der Waals surface area contributed by atoms with Gasteiger partial charge in [0.1, 0.15) is 0 Å². The Morgan fingerprint density at radius 2 is 2.24 bits per heavy atom. The lowest BCUT2D eigenvalue weighted by Crippen LogP contribution is -2.48. The van der Waals surface area contributed by atoms with Crippen LogP contribution in [-0.4, -0.2) is 63.9 Å². The molecule has 1 aliphatic rings. The minimum atomic E-state index is -0.145. The molecule has 0 bridgehead atoms. The lowest BCUT2D eigenvalue weighted by Gasteiger charge is -2.34. The van der Waals surface area contributed by atoms with Gasteiger partial charge in [0.05, 0.1) is 20.3 Å². The van der Waals surface area contributed by atoms with Gasteiger partial charge < -0.3 is 14.8 Å². The Bertz CT molecular complexity index is 224. The summed E-state index contributed by atoms with van der Waals surface area (Å²) in [6.07, 6.45) is 3.57. The molecule has 0 aromatic heterocycles. The van der Waals surface area contributed by atoms with Crippen LogP contribution in [0.5, 0.6) is 0 Å². The van der Waals surface area contributed by atoms with Crippen LogP contribution in [-0.2, 0) is 14.3 Å². The molecule has 1 saturated heterocycles. The molecule has 1 aliphatic heterocycles. The van der Waals surface area contributed by atoms with E-state index in [1.165, 1.54) is 20.0 Å². The van der Waals surface area contributed by atoms with Crippen molar-refractivity contribution in [3.63, 3.8) is 0 Å². The Kier molecular flexibility index (Phi) is 7.16. The first-order valence-electron chi connectivity index (χ1n) is 6.28. The second kappa shape index (κ2) is 8.44. The Hall–Kier alpha value is -0.650. The van der Waals surface area contributed by atoms with Crippen molar-refractivity contribution in [3.05, 3.63) is 0 Å². The molecule has 1 fully saturated rings. The third-order valence-electron chi connectivity index (χ3n) is 3.17. The van der Waals surface area contributed by atoms with Gasteiger partial charge in [-0.1, -0.05) is 6.42 Å². The number of carbonyl (C=O) groups is 1. The van der Waals surface area contributed by atoms with Gasteiger partial charge in [0.2, 0.25) is 0 Å². The molecule has 1 unspecified atom stereocenters. The van der Waals surface area contributed by atoms with Crippen LogP contribution in [0.15, 0.2) is 0 Å². The number of piperidine rings is 1. The highest BCUT2D eigenvalue weighted by atomic mass is 16.5. The van der Waals surface area contributed by atoms with Gasteiger partial charge in [0, 0.05) is 26.2 Å². The van der Waals surface area contributed by atoms with E-state index in [2.05, 4.69) is 10.2 Å². The molecule has 0 amide bonds. The van der Waals surface area contributed by atoms with Crippen LogP contribution in [0.25, 0.3) is 0 Å². The standard InChI is InChI=1S/C12H24N2O3/c1-16-8-6-13-9-11-5-3-4-7-14(11)10-12(15)17-2/h11,13H,3-10H2,1-2H3. The highest BCUT2D eigenvalue weighted by Crippen LogP contribution is 2.16. The second-order valence-electron chi connectivity index (χ2n) is 4.39. The third-order valence-corrected chi connectivity index (χ3v) is 3.17. The molecule has 0 aromatic rings. The van der Waals surface area contributed by atoms with Gasteiger partial charge in [-0.3, -0.25) is 9.69 Å². The third kappa shape index (κ3) is 5.48. The van der Waals surface area contributed by atoms with Crippen molar-refractivity contribution in [2.75, 3.05) is 47.0 Å². The summed E-state index contributed by atoms with van der Waals surface area (Å²) in [5.74, 6) is -0.145. The average molecular weight is 244 g/mol. The van der Waals surface area contributed by atoms with Crippen LogP contribution in [0, 0.1) is 0 Å². The van der Waals surface area contributed by atoms with E-state index < -0.39 is 0 Å². The Morgan fingerprint density at radius 3 is 2.94 bits per heavy atom. The Balaban J connectivity index is 2.29. The normalized spacial score (nSPS) is 21.4. The van der Waals surface area contributed by atoms with Gasteiger partial charge in [-0.05, 0) is 19.4 Å². The summed E-state index contributed by atoms with van der Waals surface area (Å²) in [6.45, 7) is 3.90. The number of nitrogens with zero attached hydrogens (tertiary/aromatic N) is 1. The van der Waals surface area contributed by atoms with Gasteiger partial charge >= 0.3 is 5.97 Å². The van der Waals surface area contributed by atoms with Crippen LogP contribution in [0.3, 0.4) is 0 Å². The molecule has 100 valence electrons. The molecule has 1 N–H and O–H groups in total. The fourth-order valence-electron chi connectivity index (χ4n) is 2.17. The van der Waals surface area contributed by atoms with Crippen molar-refractivity contribution >= 4 is 5.97 Å². The van der Waals surface area contributed by atoms with Crippen LogP contribution >= 0.6 is 0 Å². The van der Waals surface area contributed by atoms with Gasteiger partial charge in [0.25, 0.3) is 0 Å². The summed E-state index contributed by atoms with van der Waals surface area (Å²) < 4.78 is 9.71. The number of esters is 1. The predicted octanol–water partition coefficient (Wildman–Crippen LogP) is 0.250. The van der Waals surface area contributed by atoms with Gasteiger partial charge in [-0.15, -0.1) is 0 Å². The molecule has 0 saturated carbocycles. The first-order chi connectivity index (χ1) is 8.27. The fraction of sp³-hybridized carbons (Fsp3) is 0.917. The van der Waals surface area contributed by atoms with Crippen LogP contribution in [0.1, 0.15) is 19.3 Å². The van der Waals surface area contributed by atoms with E-state index in [-0.39, 0.29) is 5.97 Å². The van der Waals surface area contributed by atoms with E-state index in [1.807, 2.05) is 0 Å². The number of hydrogen-bond donors (Lipinski definition) is 1. The summed E-state index contributed by atoms with van der Waals surface area (Å²) in [5.41, 5.74) is 0. The van der Waals surface area contributed by atoms with Gasteiger partial charge in [0.15, 0.2) is 0 Å². The zero-order valence-electron chi connectivity index (χ0n) is 10.9. The highest BCUT2D eigenvalue weighted by molar-refractivity contribution is 5.71. The maximum atomic E-state index is 11.3. The number of likely N-dealkylation sites (tertiary alicyclic amines) is 1. The van der Waals surface area contributed by atoms with Crippen molar-refractivity contribution in [1.82, 2.24) is 10.2 Å². The summed E-state index contributed by atoms with van der Waals surface area (Å²) in [4.78, 5) is 13.5. The summed E-state index contributed by atoms with van der Waals surface area (Å²) in [7, 11) is 3.14. The monoisotopic (exact) mass is 244 g/mol. The zero-order chi connectivity index (χ0) is 12.5. The van der Waals surface area contributed by atoms with Crippen LogP contribution in [0.2, 0.25) is 0 Å². The van der Waals surface area contributed by atoms with Crippen LogP contribution < -0.4 is 5.32 Å². The van der Waals surface area contributed by atoms with E-state index in [0.717, 1.165) is 32.7 Å². The van der Waals surface area contributed by atoms with E-state index in [0.29, 0.717) is 12.6 Å². The number of ether oxygens (including phenoxy) is 2. The second-order valence-corrected chi connectivity index (χ2v) is 4.39. The van der Waals surface area contributed by atoms with Crippen molar-refractivity contribution in [2.24, 2.45) is 0 Å². The Morgan fingerprint density at radius 1 is 1.41 bits per heavy atom. The molecule has 0 aliphatic carbocycles. The number of nitrogens with one attached hydrogen (secondary N) is 1. The SMILES string of the molecule is COCCNCC1CCCCN1CC(=O)OC. The molecule has 1 rings (SSSR count).